The van der Waals surface area contributed by atoms with Gasteiger partial charge in [0.2, 0.25) is 0 Å². The molecule has 1 N–H and O–H groups in total. The third kappa shape index (κ3) is 0.842. The van der Waals surface area contributed by atoms with E-state index in [1.165, 1.54) is 0 Å². The minimum Gasteiger partial charge on any atom is -0.497 e. The zero-order valence-corrected chi connectivity index (χ0v) is 7.96. The molecule has 1 aliphatic carbocycles. The summed E-state index contributed by atoms with van der Waals surface area (Å²) in [6.45, 7) is 0. The highest BCUT2D eigenvalue weighted by atomic mass is 16.5. The van der Waals surface area contributed by atoms with Crippen LogP contribution in [0.5, 0.6) is 5.75 Å². The number of nitrogens with one attached hydrogen (secondary N) is 1. The van der Waals surface area contributed by atoms with Gasteiger partial charge in [-0.05, 0) is 30.5 Å². The second kappa shape index (κ2) is 2.29. The van der Waals surface area contributed by atoms with Crippen molar-refractivity contribution in [2.45, 2.75) is 18.4 Å². The Morgan fingerprint density at radius 2 is 2.21 bits per heavy atom. The second-order valence-corrected chi connectivity index (χ2v) is 3.95. The van der Waals surface area contributed by atoms with Crippen molar-refractivity contribution in [3.8, 4) is 5.75 Å². The van der Waals surface area contributed by atoms with E-state index in [1.807, 2.05) is 18.2 Å². The van der Waals surface area contributed by atoms with E-state index >= 15 is 0 Å². The molecule has 2 aliphatic rings. The van der Waals surface area contributed by atoms with Crippen LogP contribution in [0.15, 0.2) is 18.2 Å². The molecule has 1 saturated carbocycles. The SMILES string of the molecule is COc1ccc2c(c1)C(=O)NC21CC1. The predicted octanol–water partition coefficient (Wildman–Crippen LogP) is 1.43. The van der Waals surface area contributed by atoms with E-state index in [2.05, 4.69) is 5.32 Å². The lowest BCUT2D eigenvalue weighted by atomic mass is 10.0. The fourth-order valence-electron chi connectivity index (χ4n) is 2.13. The number of carbonyl (C=O) groups excluding carboxylic acids is 1. The molecule has 1 amide bonds. The number of hydrogen-bond donors (Lipinski definition) is 1. The Kier molecular flexibility index (Phi) is 1.29. The molecule has 1 aliphatic heterocycles. The number of carbonyl (C=O) groups is 1. The third-order valence-corrected chi connectivity index (χ3v) is 3.09. The average molecular weight is 189 g/mol. The smallest absolute Gasteiger partial charge is 0.252 e. The number of benzene rings is 1. The number of fused-ring (bicyclic) bond motifs is 2. The van der Waals surface area contributed by atoms with E-state index in [0.29, 0.717) is 0 Å². The zero-order chi connectivity index (χ0) is 9.76. The zero-order valence-electron chi connectivity index (χ0n) is 7.96. The second-order valence-electron chi connectivity index (χ2n) is 3.95. The van der Waals surface area contributed by atoms with E-state index in [1.54, 1.807) is 7.11 Å². The van der Waals surface area contributed by atoms with Crippen LogP contribution in [0.2, 0.25) is 0 Å². The third-order valence-electron chi connectivity index (χ3n) is 3.09. The van der Waals surface area contributed by atoms with E-state index in [9.17, 15) is 4.79 Å². The Morgan fingerprint density at radius 3 is 2.86 bits per heavy atom. The van der Waals surface area contributed by atoms with Crippen LogP contribution in [-0.4, -0.2) is 13.0 Å². The van der Waals surface area contributed by atoms with Gasteiger partial charge >= 0.3 is 0 Å². The Balaban J connectivity index is 2.17. The Labute approximate surface area is 82.1 Å². The molecule has 1 aromatic rings. The molecule has 0 saturated heterocycles. The fraction of sp³-hybridized carbons (Fsp3) is 0.364. The maximum Gasteiger partial charge on any atom is 0.252 e. The molecule has 1 heterocycles. The number of methoxy groups -OCH3 is 1. The van der Waals surface area contributed by atoms with Crippen molar-refractivity contribution in [2.75, 3.05) is 7.11 Å². The fourth-order valence-corrected chi connectivity index (χ4v) is 2.13. The highest BCUT2D eigenvalue weighted by Gasteiger charge is 2.51. The summed E-state index contributed by atoms with van der Waals surface area (Å²) in [7, 11) is 1.61. The van der Waals surface area contributed by atoms with Crippen LogP contribution in [0.4, 0.5) is 0 Å². The minimum atomic E-state index is -0.0152. The highest BCUT2D eigenvalue weighted by Crippen LogP contribution is 2.50. The van der Waals surface area contributed by atoms with Crippen LogP contribution < -0.4 is 10.1 Å². The maximum absolute atomic E-state index is 11.6. The van der Waals surface area contributed by atoms with Crippen molar-refractivity contribution < 1.29 is 9.53 Å². The van der Waals surface area contributed by atoms with Gasteiger partial charge < -0.3 is 10.1 Å². The van der Waals surface area contributed by atoms with Crippen molar-refractivity contribution in [3.63, 3.8) is 0 Å². The molecular weight excluding hydrogens is 178 g/mol. The monoisotopic (exact) mass is 189 g/mol. The summed E-state index contributed by atoms with van der Waals surface area (Å²) in [4.78, 5) is 11.6. The average Bonchev–Trinajstić information content (AvgIpc) is 2.91. The minimum absolute atomic E-state index is 0.0152. The summed E-state index contributed by atoms with van der Waals surface area (Å²) < 4.78 is 5.10. The first kappa shape index (κ1) is 7.85. The summed E-state index contributed by atoms with van der Waals surface area (Å²) in [6, 6.07) is 5.73. The topological polar surface area (TPSA) is 38.3 Å². The van der Waals surface area contributed by atoms with Crippen molar-refractivity contribution in [2.24, 2.45) is 0 Å². The lowest BCUT2D eigenvalue weighted by Gasteiger charge is -2.07. The van der Waals surface area contributed by atoms with Crippen LogP contribution in [0.3, 0.4) is 0 Å². The van der Waals surface area contributed by atoms with Gasteiger partial charge in [-0.25, -0.2) is 0 Å². The molecule has 0 unspecified atom stereocenters. The number of hydrogen-bond acceptors (Lipinski definition) is 2. The Bertz CT molecular complexity index is 421. The molecule has 1 spiro atoms. The van der Waals surface area contributed by atoms with Crippen molar-refractivity contribution >= 4 is 5.91 Å². The highest BCUT2D eigenvalue weighted by molar-refractivity contribution is 6.01. The van der Waals surface area contributed by atoms with Crippen molar-refractivity contribution in [1.82, 2.24) is 5.32 Å². The normalized spacial score (nSPS) is 20.5. The van der Waals surface area contributed by atoms with E-state index < -0.39 is 0 Å². The summed E-state index contributed by atoms with van der Waals surface area (Å²) in [6.07, 6.45) is 2.14. The molecule has 0 bridgehead atoms. The summed E-state index contributed by atoms with van der Waals surface area (Å²) in [5.74, 6) is 0.785. The maximum atomic E-state index is 11.6. The molecule has 0 radical (unpaired) electrons. The first-order valence-corrected chi connectivity index (χ1v) is 4.76. The first-order valence-electron chi connectivity index (χ1n) is 4.76. The van der Waals surface area contributed by atoms with E-state index in [0.717, 1.165) is 29.7 Å². The predicted molar refractivity (Wildman–Crippen MR) is 51.4 cm³/mol. The number of ether oxygens (including phenoxy) is 1. The standard InChI is InChI=1S/C11H11NO2/c1-14-7-2-3-9-8(6-7)10(13)12-11(9)4-5-11/h2-3,6H,4-5H2,1H3,(H,12,13). The molecule has 0 atom stereocenters. The van der Waals surface area contributed by atoms with E-state index in [-0.39, 0.29) is 11.4 Å². The molecule has 14 heavy (non-hydrogen) atoms. The summed E-state index contributed by atoms with van der Waals surface area (Å²) in [5.41, 5.74) is 1.91. The van der Waals surface area contributed by atoms with Gasteiger partial charge in [-0.1, -0.05) is 6.07 Å². The first-order chi connectivity index (χ1) is 6.75. The van der Waals surface area contributed by atoms with Gasteiger partial charge in [-0.3, -0.25) is 4.79 Å². The van der Waals surface area contributed by atoms with Crippen LogP contribution in [-0.2, 0) is 5.54 Å². The molecule has 3 rings (SSSR count). The van der Waals surface area contributed by atoms with Gasteiger partial charge in [-0.15, -0.1) is 0 Å². The molecule has 1 aromatic carbocycles. The molecule has 3 heteroatoms. The largest absolute Gasteiger partial charge is 0.497 e. The van der Waals surface area contributed by atoms with Gasteiger partial charge in [-0.2, -0.15) is 0 Å². The molecule has 72 valence electrons. The van der Waals surface area contributed by atoms with Gasteiger partial charge in [0.15, 0.2) is 0 Å². The molecule has 1 fully saturated rings. The van der Waals surface area contributed by atoms with Crippen LogP contribution in [0, 0.1) is 0 Å². The lowest BCUT2D eigenvalue weighted by molar-refractivity contribution is 0.0952. The Morgan fingerprint density at radius 1 is 1.43 bits per heavy atom. The van der Waals surface area contributed by atoms with Crippen LogP contribution >= 0.6 is 0 Å². The van der Waals surface area contributed by atoms with Crippen molar-refractivity contribution in [3.05, 3.63) is 29.3 Å². The van der Waals surface area contributed by atoms with Crippen LogP contribution in [0.1, 0.15) is 28.8 Å². The molecular formula is C11H11NO2. The quantitative estimate of drug-likeness (QED) is 0.725. The molecule has 0 aromatic heterocycles. The van der Waals surface area contributed by atoms with Crippen molar-refractivity contribution in [1.29, 1.82) is 0 Å². The van der Waals surface area contributed by atoms with E-state index in [4.69, 9.17) is 4.74 Å². The van der Waals surface area contributed by atoms with Gasteiger partial charge in [0, 0.05) is 5.56 Å². The number of rotatable bonds is 1. The van der Waals surface area contributed by atoms with Gasteiger partial charge in [0.25, 0.3) is 5.91 Å². The number of amides is 1. The molecule has 3 nitrogen and oxygen atoms in total. The van der Waals surface area contributed by atoms with Gasteiger partial charge in [0.1, 0.15) is 5.75 Å². The van der Waals surface area contributed by atoms with Crippen LogP contribution in [0.25, 0.3) is 0 Å². The van der Waals surface area contributed by atoms with Gasteiger partial charge in [0.05, 0.1) is 12.6 Å². The Hall–Kier alpha value is -1.51. The lowest BCUT2D eigenvalue weighted by Crippen LogP contribution is -2.25. The summed E-state index contributed by atoms with van der Waals surface area (Å²) in [5, 5.41) is 3.03. The summed E-state index contributed by atoms with van der Waals surface area (Å²) >= 11 is 0.